The lowest BCUT2D eigenvalue weighted by atomic mass is 10.2. The molecule has 1 amide bonds. The van der Waals surface area contributed by atoms with E-state index < -0.39 is 5.91 Å². The molecule has 0 atom stereocenters. The molecule has 5 nitrogen and oxygen atoms in total. The number of halogens is 1. The minimum atomic E-state index is -0.404. The van der Waals surface area contributed by atoms with Crippen molar-refractivity contribution < 1.29 is 13.9 Å². The first-order chi connectivity index (χ1) is 8.70. The van der Waals surface area contributed by atoms with Gasteiger partial charge in [0.2, 0.25) is 0 Å². The highest BCUT2D eigenvalue weighted by molar-refractivity contribution is 9.10. The molecule has 0 bridgehead atoms. The molecule has 94 valence electrons. The van der Waals surface area contributed by atoms with Gasteiger partial charge in [0, 0.05) is 4.47 Å². The number of benzene rings is 1. The molecular formula is C12H11BrN2O3. The molecule has 0 saturated carbocycles. The van der Waals surface area contributed by atoms with Crippen molar-refractivity contribution in [1.82, 2.24) is 5.43 Å². The quantitative estimate of drug-likeness (QED) is 0.516. The second kappa shape index (κ2) is 5.70. The maximum Gasteiger partial charge on any atom is 0.268 e. The second-order valence-corrected chi connectivity index (χ2v) is 4.39. The van der Waals surface area contributed by atoms with Crippen molar-refractivity contribution in [2.24, 2.45) is 5.84 Å². The Morgan fingerprint density at radius 2 is 2.06 bits per heavy atom. The third kappa shape index (κ3) is 2.91. The predicted molar refractivity (Wildman–Crippen MR) is 68.8 cm³/mol. The van der Waals surface area contributed by atoms with E-state index in [1.54, 1.807) is 6.07 Å². The molecule has 2 aromatic rings. The number of carbonyl (C=O) groups excluding carboxylic acids is 1. The number of hydrazine groups is 1. The summed E-state index contributed by atoms with van der Waals surface area (Å²) in [6.45, 7) is 0.164. The molecule has 0 saturated heterocycles. The van der Waals surface area contributed by atoms with Crippen molar-refractivity contribution in [3.63, 3.8) is 0 Å². The van der Waals surface area contributed by atoms with E-state index in [0.29, 0.717) is 17.1 Å². The lowest BCUT2D eigenvalue weighted by Crippen LogP contribution is -2.30. The van der Waals surface area contributed by atoms with Crippen LogP contribution in [0.5, 0.6) is 5.75 Å². The number of furan rings is 1. The monoisotopic (exact) mass is 310 g/mol. The van der Waals surface area contributed by atoms with Crippen LogP contribution in [0, 0.1) is 0 Å². The number of nitrogen functional groups attached to an aromatic ring is 1. The third-order valence-corrected chi connectivity index (χ3v) is 2.83. The van der Waals surface area contributed by atoms with Crippen LogP contribution < -0.4 is 16.0 Å². The van der Waals surface area contributed by atoms with Gasteiger partial charge >= 0.3 is 0 Å². The first-order valence-corrected chi connectivity index (χ1v) is 5.95. The summed E-state index contributed by atoms with van der Waals surface area (Å²) >= 11 is 3.33. The van der Waals surface area contributed by atoms with Gasteiger partial charge in [-0.3, -0.25) is 10.2 Å². The average Bonchev–Trinajstić information content (AvgIpc) is 2.85. The zero-order chi connectivity index (χ0) is 13.0. The average molecular weight is 311 g/mol. The van der Waals surface area contributed by atoms with Crippen molar-refractivity contribution in [2.75, 3.05) is 0 Å². The van der Waals surface area contributed by atoms with Crippen molar-refractivity contribution in [1.29, 1.82) is 0 Å². The maximum atomic E-state index is 11.4. The molecule has 0 aliphatic carbocycles. The van der Waals surface area contributed by atoms with Gasteiger partial charge in [0.15, 0.2) is 5.76 Å². The van der Waals surface area contributed by atoms with Gasteiger partial charge in [0.1, 0.15) is 12.4 Å². The highest BCUT2D eigenvalue weighted by atomic mass is 79.9. The minimum absolute atomic E-state index is 0.164. The molecule has 6 heteroatoms. The molecule has 0 fully saturated rings. The van der Waals surface area contributed by atoms with Crippen LogP contribution in [0.2, 0.25) is 0 Å². The topological polar surface area (TPSA) is 77.5 Å². The second-order valence-electron chi connectivity index (χ2n) is 3.47. The largest absolute Gasteiger partial charge is 0.486 e. The highest BCUT2D eigenvalue weighted by Gasteiger charge is 2.13. The number of carbonyl (C=O) groups is 1. The number of hydrogen-bond acceptors (Lipinski definition) is 4. The molecule has 2 rings (SSSR count). The minimum Gasteiger partial charge on any atom is -0.486 e. The predicted octanol–water partition coefficient (Wildman–Crippen LogP) is 2.22. The molecule has 1 aromatic heterocycles. The fourth-order valence-corrected chi connectivity index (χ4v) is 1.68. The number of nitrogens with one attached hydrogen (secondary N) is 1. The van der Waals surface area contributed by atoms with Gasteiger partial charge in [-0.25, -0.2) is 5.84 Å². The SMILES string of the molecule is NNC(=O)c1ccoc1COc1ccc(Br)cc1. The molecule has 1 aromatic carbocycles. The van der Waals surface area contributed by atoms with Gasteiger partial charge in [0.05, 0.1) is 11.8 Å². The summed E-state index contributed by atoms with van der Waals surface area (Å²) in [5.74, 6) is 5.78. The van der Waals surface area contributed by atoms with Gasteiger partial charge in [-0.15, -0.1) is 0 Å². The van der Waals surface area contributed by atoms with Crippen molar-refractivity contribution in [3.8, 4) is 5.75 Å². The van der Waals surface area contributed by atoms with Crippen LogP contribution in [-0.4, -0.2) is 5.91 Å². The van der Waals surface area contributed by atoms with E-state index in [2.05, 4.69) is 21.4 Å². The number of ether oxygens (including phenoxy) is 1. The Morgan fingerprint density at radius 1 is 1.33 bits per heavy atom. The van der Waals surface area contributed by atoms with E-state index in [4.69, 9.17) is 15.0 Å². The molecule has 1 heterocycles. The van der Waals surface area contributed by atoms with Gasteiger partial charge < -0.3 is 9.15 Å². The van der Waals surface area contributed by atoms with Crippen molar-refractivity contribution >= 4 is 21.8 Å². The Morgan fingerprint density at radius 3 is 2.72 bits per heavy atom. The molecule has 0 unspecified atom stereocenters. The van der Waals surface area contributed by atoms with Gasteiger partial charge in [-0.2, -0.15) is 0 Å². The number of rotatable bonds is 4. The Kier molecular flexibility index (Phi) is 4.01. The van der Waals surface area contributed by atoms with E-state index in [1.807, 2.05) is 24.3 Å². The lowest BCUT2D eigenvalue weighted by molar-refractivity contribution is 0.0949. The number of nitrogens with two attached hydrogens (primary N) is 1. The summed E-state index contributed by atoms with van der Waals surface area (Å²) in [6.07, 6.45) is 1.42. The van der Waals surface area contributed by atoms with Gasteiger partial charge in [-0.1, -0.05) is 15.9 Å². The number of amides is 1. The summed E-state index contributed by atoms with van der Waals surface area (Å²) in [6, 6.07) is 8.91. The first kappa shape index (κ1) is 12.7. The van der Waals surface area contributed by atoms with Crippen LogP contribution in [0.3, 0.4) is 0 Å². The Hall–Kier alpha value is -1.79. The Labute approximate surface area is 112 Å². The summed E-state index contributed by atoms with van der Waals surface area (Å²) < 4.78 is 11.7. The fourth-order valence-electron chi connectivity index (χ4n) is 1.41. The van der Waals surface area contributed by atoms with Gasteiger partial charge in [0.25, 0.3) is 5.91 Å². The summed E-state index contributed by atoms with van der Waals surface area (Å²) in [7, 11) is 0. The zero-order valence-electron chi connectivity index (χ0n) is 9.35. The van der Waals surface area contributed by atoms with Gasteiger partial charge in [-0.05, 0) is 30.3 Å². The fraction of sp³-hybridized carbons (Fsp3) is 0.0833. The smallest absolute Gasteiger partial charge is 0.268 e. The zero-order valence-corrected chi connectivity index (χ0v) is 10.9. The normalized spacial score (nSPS) is 10.1. The number of hydrogen-bond donors (Lipinski definition) is 2. The van der Waals surface area contributed by atoms with Crippen molar-refractivity contribution in [2.45, 2.75) is 6.61 Å². The van der Waals surface area contributed by atoms with Crippen LogP contribution in [0.1, 0.15) is 16.1 Å². The van der Waals surface area contributed by atoms with E-state index in [0.717, 1.165) is 4.47 Å². The van der Waals surface area contributed by atoms with E-state index in [9.17, 15) is 4.79 Å². The van der Waals surface area contributed by atoms with Crippen molar-refractivity contribution in [3.05, 3.63) is 52.4 Å². The summed E-state index contributed by atoms with van der Waals surface area (Å²) in [5.41, 5.74) is 2.42. The molecule has 3 N–H and O–H groups in total. The third-order valence-electron chi connectivity index (χ3n) is 2.30. The summed E-state index contributed by atoms with van der Waals surface area (Å²) in [5, 5.41) is 0. The van der Waals surface area contributed by atoms with Crippen LogP contribution in [-0.2, 0) is 6.61 Å². The van der Waals surface area contributed by atoms with Crippen LogP contribution in [0.4, 0.5) is 0 Å². The lowest BCUT2D eigenvalue weighted by Gasteiger charge is -2.05. The molecule has 0 aliphatic heterocycles. The molecule has 0 radical (unpaired) electrons. The van der Waals surface area contributed by atoms with E-state index in [1.165, 1.54) is 6.26 Å². The molecular weight excluding hydrogens is 300 g/mol. The Balaban J connectivity index is 2.04. The first-order valence-electron chi connectivity index (χ1n) is 5.16. The molecule has 0 spiro atoms. The highest BCUT2D eigenvalue weighted by Crippen LogP contribution is 2.18. The maximum absolute atomic E-state index is 11.4. The van der Waals surface area contributed by atoms with Crippen LogP contribution in [0.15, 0.2) is 45.5 Å². The van der Waals surface area contributed by atoms with E-state index >= 15 is 0 Å². The van der Waals surface area contributed by atoms with Crippen LogP contribution >= 0.6 is 15.9 Å². The molecule has 0 aliphatic rings. The van der Waals surface area contributed by atoms with Crippen LogP contribution in [0.25, 0.3) is 0 Å². The summed E-state index contributed by atoms with van der Waals surface area (Å²) in [4.78, 5) is 11.4. The van der Waals surface area contributed by atoms with E-state index in [-0.39, 0.29) is 6.61 Å². The Bertz CT molecular complexity index is 537. The standard InChI is InChI=1S/C12H11BrN2O3/c13-8-1-3-9(4-2-8)18-7-11-10(5-6-17-11)12(16)15-14/h1-6H,7,14H2,(H,15,16). The molecule has 18 heavy (non-hydrogen) atoms.